The van der Waals surface area contributed by atoms with Crippen LogP contribution in [0.4, 0.5) is 0 Å². The molecule has 5 heteroatoms. The van der Waals surface area contributed by atoms with Crippen molar-refractivity contribution in [2.45, 2.75) is 18.7 Å². The van der Waals surface area contributed by atoms with Crippen molar-refractivity contribution in [1.82, 2.24) is 15.0 Å². The summed E-state index contributed by atoms with van der Waals surface area (Å²) in [6, 6.07) is -0.658. The van der Waals surface area contributed by atoms with Gasteiger partial charge in [0.25, 0.3) is 0 Å². The van der Waals surface area contributed by atoms with Crippen LogP contribution in [0.5, 0.6) is 0 Å². The molecule has 0 saturated carbocycles. The van der Waals surface area contributed by atoms with Gasteiger partial charge in [0.15, 0.2) is 0 Å². The van der Waals surface area contributed by atoms with Gasteiger partial charge in [0.2, 0.25) is 0 Å². The minimum absolute atomic E-state index is 0.269. The van der Waals surface area contributed by atoms with Crippen molar-refractivity contribution in [3.8, 4) is 12.3 Å². The number of aromatic nitrogens is 3. The fraction of sp³-hybridized carbons (Fsp3) is 0.429. The Kier molecular flexibility index (Phi) is 2.80. The number of hydrogen-bond acceptors (Lipinski definition) is 4. The van der Waals surface area contributed by atoms with Gasteiger partial charge < -0.3 is 10.8 Å². The number of nitrogens with two attached hydrogens (primary N) is 1. The molecule has 1 unspecified atom stereocenters. The molecule has 64 valence electrons. The first-order valence-electron chi connectivity index (χ1n) is 3.48. The third-order valence-corrected chi connectivity index (χ3v) is 1.45. The van der Waals surface area contributed by atoms with Crippen molar-refractivity contribution in [3.05, 3.63) is 12.4 Å². The van der Waals surface area contributed by atoms with Gasteiger partial charge in [-0.3, -0.25) is 0 Å². The van der Waals surface area contributed by atoms with Gasteiger partial charge in [0.05, 0.1) is 24.9 Å². The van der Waals surface area contributed by atoms with Crippen molar-refractivity contribution in [2.24, 2.45) is 5.73 Å². The Balaban J connectivity index is 2.48. The highest BCUT2D eigenvalue weighted by Crippen LogP contribution is 1.92. The van der Waals surface area contributed by atoms with Crippen molar-refractivity contribution >= 4 is 0 Å². The number of aliphatic hydroxyl groups is 1. The Morgan fingerprint density at radius 1 is 1.75 bits per heavy atom. The summed E-state index contributed by atoms with van der Waals surface area (Å²) in [5.74, 6) is 2.24. The van der Waals surface area contributed by atoms with Crippen LogP contribution in [0, 0.1) is 12.3 Å². The molecule has 0 radical (unpaired) electrons. The maximum atomic E-state index is 9.33. The highest BCUT2D eigenvalue weighted by molar-refractivity contribution is 5.00. The van der Waals surface area contributed by atoms with Gasteiger partial charge in [0.1, 0.15) is 0 Å². The maximum Gasteiger partial charge on any atom is 0.0999 e. The molecule has 1 rings (SSSR count). The topological polar surface area (TPSA) is 77.0 Å². The standard InChI is InChI=1S/C7H10N4O/c1-2-6(8)7(12)5-11-4-3-9-10-11/h1,3-4,6-7,12H,5,8H2/t6-,7?/m0/s1. The highest BCUT2D eigenvalue weighted by atomic mass is 16.3. The Morgan fingerprint density at radius 3 is 3.00 bits per heavy atom. The minimum Gasteiger partial charge on any atom is -0.389 e. The first-order chi connectivity index (χ1) is 5.74. The fourth-order valence-corrected chi connectivity index (χ4v) is 0.746. The molecule has 0 bridgehead atoms. The molecule has 0 aliphatic heterocycles. The van der Waals surface area contributed by atoms with E-state index in [9.17, 15) is 5.11 Å². The molecular weight excluding hydrogens is 156 g/mol. The predicted octanol–water partition coefficient (Wildman–Crippen LogP) is -1.40. The molecule has 2 atom stereocenters. The maximum absolute atomic E-state index is 9.33. The van der Waals surface area contributed by atoms with Gasteiger partial charge in [-0.2, -0.15) is 0 Å². The van der Waals surface area contributed by atoms with Crippen LogP contribution < -0.4 is 5.73 Å². The Hall–Kier alpha value is -1.38. The Bertz CT molecular complexity index is 263. The normalized spacial score (nSPS) is 15.1. The largest absolute Gasteiger partial charge is 0.389 e. The quantitative estimate of drug-likeness (QED) is 0.541. The first-order valence-corrected chi connectivity index (χ1v) is 3.48. The van der Waals surface area contributed by atoms with E-state index in [-0.39, 0.29) is 6.54 Å². The van der Waals surface area contributed by atoms with Crippen LogP contribution in [0.25, 0.3) is 0 Å². The van der Waals surface area contributed by atoms with Gasteiger partial charge in [-0.25, -0.2) is 4.68 Å². The van der Waals surface area contributed by atoms with Crippen LogP contribution in [0.2, 0.25) is 0 Å². The van der Waals surface area contributed by atoms with Gasteiger partial charge in [0, 0.05) is 6.20 Å². The summed E-state index contributed by atoms with van der Waals surface area (Å²) in [5.41, 5.74) is 5.39. The molecule has 1 aromatic heterocycles. The summed E-state index contributed by atoms with van der Waals surface area (Å²) in [4.78, 5) is 0. The van der Waals surface area contributed by atoms with E-state index < -0.39 is 12.1 Å². The molecule has 0 spiro atoms. The lowest BCUT2D eigenvalue weighted by Gasteiger charge is -2.12. The third kappa shape index (κ3) is 2.05. The van der Waals surface area contributed by atoms with E-state index in [1.54, 1.807) is 6.20 Å². The number of hydrogen-bond donors (Lipinski definition) is 2. The number of nitrogens with zero attached hydrogens (tertiary/aromatic N) is 3. The van der Waals surface area contributed by atoms with Crippen LogP contribution in [0.3, 0.4) is 0 Å². The van der Waals surface area contributed by atoms with E-state index in [1.165, 1.54) is 10.9 Å². The van der Waals surface area contributed by atoms with Crippen LogP contribution >= 0.6 is 0 Å². The first kappa shape index (κ1) is 8.71. The van der Waals surface area contributed by atoms with Crippen LogP contribution in [0.15, 0.2) is 12.4 Å². The number of terminal acetylenes is 1. The second-order valence-corrected chi connectivity index (χ2v) is 2.38. The summed E-state index contributed by atoms with van der Waals surface area (Å²) < 4.78 is 1.47. The molecule has 12 heavy (non-hydrogen) atoms. The Morgan fingerprint density at radius 2 is 2.50 bits per heavy atom. The second-order valence-electron chi connectivity index (χ2n) is 2.38. The molecule has 0 fully saturated rings. The number of aliphatic hydroxyl groups excluding tert-OH is 1. The predicted molar refractivity (Wildman–Crippen MR) is 42.8 cm³/mol. The van der Waals surface area contributed by atoms with Crippen molar-refractivity contribution in [2.75, 3.05) is 0 Å². The molecule has 0 aromatic carbocycles. The average molecular weight is 166 g/mol. The fourth-order valence-electron chi connectivity index (χ4n) is 0.746. The van der Waals surface area contributed by atoms with Gasteiger partial charge >= 0.3 is 0 Å². The molecule has 1 heterocycles. The molecular formula is C7H10N4O. The third-order valence-electron chi connectivity index (χ3n) is 1.45. The number of rotatable bonds is 3. The molecule has 0 aliphatic carbocycles. The smallest absolute Gasteiger partial charge is 0.0999 e. The summed E-state index contributed by atoms with van der Waals surface area (Å²) in [5, 5.41) is 16.6. The second kappa shape index (κ2) is 3.85. The monoisotopic (exact) mass is 166 g/mol. The van der Waals surface area contributed by atoms with Gasteiger partial charge in [-0.05, 0) is 0 Å². The SMILES string of the molecule is C#C[C@H](N)C(O)Cn1ccnn1. The van der Waals surface area contributed by atoms with E-state index >= 15 is 0 Å². The summed E-state index contributed by atoms with van der Waals surface area (Å²) in [6.07, 6.45) is 7.39. The van der Waals surface area contributed by atoms with Crippen molar-refractivity contribution in [3.63, 3.8) is 0 Å². The van der Waals surface area contributed by atoms with Gasteiger partial charge in [-0.15, -0.1) is 11.5 Å². The molecule has 1 aromatic rings. The zero-order valence-corrected chi connectivity index (χ0v) is 6.46. The summed E-state index contributed by atoms with van der Waals surface area (Å²) >= 11 is 0. The molecule has 5 nitrogen and oxygen atoms in total. The molecule has 0 saturated heterocycles. The van der Waals surface area contributed by atoms with Gasteiger partial charge in [-0.1, -0.05) is 11.1 Å². The molecule has 3 N–H and O–H groups in total. The lowest BCUT2D eigenvalue weighted by Crippen LogP contribution is -2.36. The lowest BCUT2D eigenvalue weighted by molar-refractivity contribution is 0.138. The van der Waals surface area contributed by atoms with Crippen molar-refractivity contribution < 1.29 is 5.11 Å². The van der Waals surface area contributed by atoms with E-state index in [4.69, 9.17) is 12.2 Å². The summed E-state index contributed by atoms with van der Waals surface area (Å²) in [6.45, 7) is 0.269. The van der Waals surface area contributed by atoms with E-state index in [0.717, 1.165) is 0 Å². The van der Waals surface area contributed by atoms with E-state index in [0.29, 0.717) is 0 Å². The van der Waals surface area contributed by atoms with E-state index in [2.05, 4.69) is 16.2 Å². The molecule has 0 amide bonds. The average Bonchev–Trinajstić information content (AvgIpc) is 2.55. The summed E-state index contributed by atoms with van der Waals surface area (Å²) in [7, 11) is 0. The van der Waals surface area contributed by atoms with Crippen LogP contribution in [0.1, 0.15) is 0 Å². The van der Waals surface area contributed by atoms with Crippen molar-refractivity contribution in [1.29, 1.82) is 0 Å². The van der Waals surface area contributed by atoms with E-state index in [1.807, 2.05) is 0 Å². The lowest BCUT2D eigenvalue weighted by atomic mass is 10.2. The highest BCUT2D eigenvalue weighted by Gasteiger charge is 2.12. The zero-order valence-electron chi connectivity index (χ0n) is 6.46. The van der Waals surface area contributed by atoms with Crippen LogP contribution in [-0.4, -0.2) is 32.2 Å². The Labute approximate surface area is 70.2 Å². The van der Waals surface area contributed by atoms with Crippen LogP contribution in [-0.2, 0) is 6.54 Å². The minimum atomic E-state index is -0.781. The zero-order chi connectivity index (χ0) is 8.97. The molecule has 0 aliphatic rings.